The highest BCUT2D eigenvalue weighted by atomic mass is 19.4. The predicted octanol–water partition coefficient (Wildman–Crippen LogP) is 7.55. The minimum atomic E-state index is -5.02. The molecule has 0 unspecified atom stereocenters. The molecule has 0 radical (unpaired) electrons. The van der Waals surface area contributed by atoms with Crippen LogP contribution in [0.5, 0.6) is 11.5 Å². The summed E-state index contributed by atoms with van der Waals surface area (Å²) in [5.41, 5.74) is 1.36. The molecular formula is C37H43F8N3O5. The number of likely N-dealkylation sites (tertiary alicyclic amines) is 2. The molecule has 2 aliphatic rings. The average molecular weight is 762 g/mol. The molecule has 0 saturated carbocycles. The second kappa shape index (κ2) is 16.9. The lowest BCUT2D eigenvalue weighted by Gasteiger charge is -2.41. The van der Waals surface area contributed by atoms with Gasteiger partial charge in [0.1, 0.15) is 23.5 Å². The van der Waals surface area contributed by atoms with Gasteiger partial charge in [-0.3, -0.25) is 9.59 Å². The van der Waals surface area contributed by atoms with Crippen molar-refractivity contribution in [2.24, 2.45) is 5.41 Å². The normalized spacial score (nSPS) is 17.7. The first-order valence-electron chi connectivity index (χ1n) is 16.9. The lowest BCUT2D eigenvalue weighted by molar-refractivity contribution is -0.278. The summed E-state index contributed by atoms with van der Waals surface area (Å²) in [4.78, 5) is 24.7. The molecule has 5 rings (SSSR count). The number of nitrogens with zero attached hydrogens (tertiary/aromatic N) is 2. The summed E-state index contributed by atoms with van der Waals surface area (Å²) in [6, 6.07) is 16.7. The third-order valence-electron chi connectivity index (χ3n) is 9.85. The topological polar surface area (TPSA) is 80.3 Å². The number of carbonyl (C=O) groups excluding carboxylic acids is 2. The van der Waals surface area contributed by atoms with Crippen LogP contribution in [0.2, 0.25) is 0 Å². The molecule has 0 bridgehead atoms. The van der Waals surface area contributed by atoms with Crippen molar-refractivity contribution in [3.05, 3.63) is 59.7 Å². The second-order valence-corrected chi connectivity index (χ2v) is 13.1. The van der Waals surface area contributed by atoms with E-state index < -0.39 is 68.2 Å². The number of carbonyl (C=O) groups is 2. The number of halogens is 8. The number of methoxy groups -OCH3 is 3. The van der Waals surface area contributed by atoms with Crippen LogP contribution in [0.15, 0.2) is 48.5 Å². The molecule has 2 saturated heterocycles. The number of benzene rings is 3. The van der Waals surface area contributed by atoms with E-state index in [1.165, 1.54) is 10.9 Å². The zero-order valence-electron chi connectivity index (χ0n) is 29.9. The second-order valence-electron chi connectivity index (χ2n) is 13.1. The van der Waals surface area contributed by atoms with Crippen LogP contribution in [0.1, 0.15) is 36.8 Å². The van der Waals surface area contributed by atoms with Gasteiger partial charge in [-0.05, 0) is 65.8 Å². The molecule has 53 heavy (non-hydrogen) atoms. The molecule has 8 nitrogen and oxygen atoms in total. The molecule has 1 amide bonds. The van der Waals surface area contributed by atoms with Crippen LogP contribution in [0.4, 0.5) is 35.1 Å². The van der Waals surface area contributed by atoms with Gasteiger partial charge in [-0.2, -0.15) is 26.3 Å². The number of esters is 1. The number of ether oxygens (including phenoxy) is 3. The van der Waals surface area contributed by atoms with Gasteiger partial charge in [-0.1, -0.05) is 36.4 Å². The number of hydrogen-bond donors (Lipinski definition) is 1. The molecule has 292 valence electrons. The summed E-state index contributed by atoms with van der Waals surface area (Å²) in [5, 5.41) is 4.13. The number of hydrogen-bond acceptors (Lipinski definition) is 7. The van der Waals surface area contributed by atoms with Crippen LogP contribution < -0.4 is 14.8 Å². The molecule has 2 heterocycles. The predicted molar refractivity (Wildman–Crippen MR) is 182 cm³/mol. The van der Waals surface area contributed by atoms with Gasteiger partial charge in [-0.15, -0.1) is 0 Å². The third kappa shape index (κ3) is 9.88. The Labute approximate surface area is 302 Å². The first kappa shape index (κ1) is 41.6. The highest BCUT2D eigenvalue weighted by Gasteiger charge is 2.62. The highest BCUT2D eigenvalue weighted by molar-refractivity contribution is 6.01. The molecule has 2 aliphatic heterocycles. The van der Waals surface area contributed by atoms with Crippen molar-refractivity contribution in [1.82, 2.24) is 15.1 Å². The van der Waals surface area contributed by atoms with Crippen molar-refractivity contribution < 1.29 is 58.9 Å². The Morgan fingerprint density at radius 2 is 1.38 bits per heavy atom. The van der Waals surface area contributed by atoms with E-state index in [-0.39, 0.29) is 17.7 Å². The summed E-state index contributed by atoms with van der Waals surface area (Å²) >= 11 is 0. The van der Waals surface area contributed by atoms with Crippen LogP contribution in [-0.4, -0.2) is 101 Å². The SMILES string of the molecule is COC(=O)CNC(=O)C1(C(F)(F)F)CCN(C(F)(F)F)CC1.COc1cc(CCN2CCC(F)(F)CC2)cc(OC)c1-c1cccc2c(C)cccc12. The Morgan fingerprint density at radius 1 is 0.811 bits per heavy atom. The molecule has 2 fully saturated rings. The molecule has 3 aromatic rings. The van der Waals surface area contributed by atoms with Gasteiger partial charge in [-0.25, -0.2) is 13.7 Å². The van der Waals surface area contributed by atoms with E-state index in [2.05, 4.69) is 53.0 Å². The van der Waals surface area contributed by atoms with Gasteiger partial charge >= 0.3 is 18.4 Å². The van der Waals surface area contributed by atoms with Gasteiger partial charge in [0.15, 0.2) is 0 Å². The maximum absolute atomic E-state index is 13.4. The molecule has 16 heteroatoms. The summed E-state index contributed by atoms with van der Waals surface area (Å²) in [7, 11) is 4.33. The Hall–Kier alpha value is -4.18. The van der Waals surface area contributed by atoms with Crippen LogP contribution in [-0.2, 0) is 20.7 Å². The molecule has 1 N–H and O–H groups in total. The van der Waals surface area contributed by atoms with Crippen LogP contribution in [0, 0.1) is 12.3 Å². The number of piperidine rings is 2. The fourth-order valence-corrected chi connectivity index (χ4v) is 6.63. The maximum atomic E-state index is 13.4. The molecule has 0 aromatic heterocycles. The Bertz CT molecular complexity index is 1700. The zero-order valence-corrected chi connectivity index (χ0v) is 29.9. The quantitative estimate of drug-likeness (QED) is 0.137. The lowest BCUT2D eigenvalue weighted by atomic mass is 9.76. The highest BCUT2D eigenvalue weighted by Crippen LogP contribution is 2.48. The number of alkyl halides is 8. The lowest BCUT2D eigenvalue weighted by Crippen LogP contribution is -2.58. The van der Waals surface area contributed by atoms with Gasteiger partial charge in [0, 0.05) is 45.6 Å². The smallest absolute Gasteiger partial charge is 0.459 e. The van der Waals surface area contributed by atoms with Crippen molar-refractivity contribution >= 4 is 22.6 Å². The van der Waals surface area contributed by atoms with Gasteiger partial charge in [0.05, 0.1) is 26.9 Å². The standard InChI is InChI=1S/C26H29F2NO2.C11H14F6N2O3/c1-18-6-4-8-21-20(18)7-5-9-22(21)25-23(30-2)16-19(17-24(25)31-3)10-13-29-14-11-26(27,28)12-15-29;1-22-7(20)6-18-8(21)9(10(12,13)14)2-4-19(5-3-9)11(15,16)17/h4-9,16-17H,10-15H2,1-3H3;2-6H2,1H3,(H,18,21). The maximum Gasteiger partial charge on any atom is 0.459 e. The monoisotopic (exact) mass is 761 g/mol. The van der Waals surface area contributed by atoms with Gasteiger partial charge in [0.2, 0.25) is 5.91 Å². The Morgan fingerprint density at radius 3 is 1.91 bits per heavy atom. The number of fused-ring (bicyclic) bond motifs is 1. The number of aryl methyl sites for hydroxylation is 1. The van der Waals surface area contributed by atoms with Crippen molar-refractivity contribution in [1.29, 1.82) is 0 Å². The van der Waals surface area contributed by atoms with Crippen molar-refractivity contribution in [2.45, 2.75) is 57.4 Å². The fraction of sp³-hybridized carbons (Fsp3) is 0.514. The first-order valence-corrected chi connectivity index (χ1v) is 16.9. The molecule has 0 atom stereocenters. The third-order valence-corrected chi connectivity index (χ3v) is 9.85. The van der Waals surface area contributed by atoms with E-state index in [1.54, 1.807) is 19.5 Å². The fourth-order valence-electron chi connectivity index (χ4n) is 6.63. The van der Waals surface area contributed by atoms with Crippen LogP contribution in [0.25, 0.3) is 21.9 Å². The number of amides is 1. The van der Waals surface area contributed by atoms with E-state index in [0.717, 1.165) is 53.7 Å². The molecule has 0 aliphatic carbocycles. The van der Waals surface area contributed by atoms with E-state index in [4.69, 9.17) is 9.47 Å². The minimum absolute atomic E-state index is 0.0565. The van der Waals surface area contributed by atoms with E-state index in [1.807, 2.05) is 12.1 Å². The largest absolute Gasteiger partial charge is 0.496 e. The minimum Gasteiger partial charge on any atom is -0.496 e. The van der Waals surface area contributed by atoms with Crippen molar-refractivity contribution in [2.75, 3.05) is 60.6 Å². The first-order chi connectivity index (χ1) is 24.9. The Kier molecular flexibility index (Phi) is 13.2. The van der Waals surface area contributed by atoms with Gasteiger partial charge in [0.25, 0.3) is 5.92 Å². The van der Waals surface area contributed by atoms with Crippen LogP contribution in [0.3, 0.4) is 0 Å². The molecule has 3 aromatic carbocycles. The van der Waals surface area contributed by atoms with Crippen molar-refractivity contribution in [3.63, 3.8) is 0 Å². The van der Waals surface area contributed by atoms with Crippen LogP contribution >= 0.6 is 0 Å². The molecular weight excluding hydrogens is 718 g/mol. The van der Waals surface area contributed by atoms with E-state index >= 15 is 0 Å². The summed E-state index contributed by atoms with van der Waals surface area (Å²) < 4.78 is 120. The average Bonchev–Trinajstić information content (AvgIpc) is 3.12. The Balaban J connectivity index is 0.000000253. The zero-order chi connectivity index (χ0) is 39.2. The summed E-state index contributed by atoms with van der Waals surface area (Å²) in [5.74, 6) is -3.48. The number of rotatable bonds is 9. The van der Waals surface area contributed by atoms with Crippen molar-refractivity contribution in [3.8, 4) is 22.6 Å². The summed E-state index contributed by atoms with van der Waals surface area (Å²) in [6.07, 6.45) is -11.2. The van der Waals surface area contributed by atoms with Gasteiger partial charge < -0.3 is 24.4 Å². The number of nitrogens with one attached hydrogen (secondary N) is 1. The summed E-state index contributed by atoms with van der Waals surface area (Å²) in [6.45, 7) is 1.05. The van der Waals surface area contributed by atoms with E-state index in [0.29, 0.717) is 13.1 Å². The molecule has 0 spiro atoms. The van der Waals surface area contributed by atoms with E-state index in [9.17, 15) is 44.7 Å².